The molecule has 1 unspecified atom stereocenters. The van der Waals surface area contributed by atoms with Crippen molar-refractivity contribution in [3.05, 3.63) is 23.8 Å². The van der Waals surface area contributed by atoms with Crippen LogP contribution in [0, 0.1) is 46.3 Å². The minimum atomic E-state index is -0.663. The highest BCUT2D eigenvalue weighted by Gasteiger charge is 2.58. The van der Waals surface area contributed by atoms with Crippen LogP contribution in [0.4, 0.5) is 0 Å². The molecule has 0 aliphatic heterocycles. The maximum absolute atomic E-state index is 12.0. The second-order valence-corrected chi connectivity index (χ2v) is 11.5. The first-order chi connectivity index (χ1) is 14.2. The second-order valence-electron chi connectivity index (χ2n) is 11.5. The Bertz CT molecular complexity index is 764. The van der Waals surface area contributed by atoms with Crippen molar-refractivity contribution in [3.8, 4) is 0 Å². The number of ketones is 1. The Kier molecular flexibility index (Phi) is 5.79. The van der Waals surface area contributed by atoms with E-state index < -0.39 is 5.97 Å². The average molecular weight is 413 g/mol. The van der Waals surface area contributed by atoms with E-state index in [0.717, 1.165) is 37.5 Å². The predicted molar refractivity (Wildman–Crippen MR) is 120 cm³/mol. The van der Waals surface area contributed by atoms with Crippen molar-refractivity contribution in [2.45, 2.75) is 85.5 Å². The van der Waals surface area contributed by atoms with Gasteiger partial charge in [-0.25, -0.2) is 0 Å². The molecule has 0 aromatic carbocycles. The molecule has 0 radical (unpaired) electrons. The molecule has 30 heavy (non-hydrogen) atoms. The fraction of sp³-hybridized carbons (Fsp3) is 0.778. The SMILES string of the molecule is CC(CCC[C@@H](C)[C@H]1CC[C@H]2[C@@H]3C=CC4=CC(=O)CC[C@]4(C)[C@H]3CC[C@]12C)C(=O)O. The summed E-state index contributed by atoms with van der Waals surface area (Å²) in [6.07, 6.45) is 16.7. The van der Waals surface area contributed by atoms with Gasteiger partial charge in [-0.15, -0.1) is 0 Å². The lowest BCUT2D eigenvalue weighted by Crippen LogP contribution is -2.49. The molecule has 2 fully saturated rings. The van der Waals surface area contributed by atoms with Gasteiger partial charge < -0.3 is 5.11 Å². The summed E-state index contributed by atoms with van der Waals surface area (Å²) in [5.41, 5.74) is 1.88. The molecular formula is C27H40O3. The molecule has 0 heterocycles. The van der Waals surface area contributed by atoms with Crippen LogP contribution in [0.3, 0.4) is 0 Å². The van der Waals surface area contributed by atoms with Crippen LogP contribution in [0.2, 0.25) is 0 Å². The third kappa shape index (κ3) is 3.50. The minimum absolute atomic E-state index is 0.186. The van der Waals surface area contributed by atoms with Gasteiger partial charge in [-0.1, -0.05) is 52.7 Å². The highest BCUT2D eigenvalue weighted by Crippen LogP contribution is 2.66. The number of hydrogen-bond donors (Lipinski definition) is 1. The van der Waals surface area contributed by atoms with Gasteiger partial charge in [0.2, 0.25) is 0 Å². The first-order valence-corrected chi connectivity index (χ1v) is 12.3. The summed E-state index contributed by atoms with van der Waals surface area (Å²) in [7, 11) is 0. The van der Waals surface area contributed by atoms with Crippen LogP contribution in [-0.4, -0.2) is 16.9 Å². The first-order valence-electron chi connectivity index (χ1n) is 12.3. The van der Waals surface area contributed by atoms with Gasteiger partial charge in [0.1, 0.15) is 0 Å². The zero-order chi connectivity index (χ0) is 21.7. The third-order valence-corrected chi connectivity index (χ3v) is 9.99. The normalized spacial score (nSPS) is 42.0. The van der Waals surface area contributed by atoms with Gasteiger partial charge in [-0.3, -0.25) is 9.59 Å². The van der Waals surface area contributed by atoms with E-state index in [0.29, 0.717) is 35.4 Å². The number of hydrogen-bond acceptors (Lipinski definition) is 2. The molecule has 4 aliphatic carbocycles. The standard InChI is InChI=1S/C27H40O3/c1-17(6-5-7-18(2)25(29)30)22-10-11-23-21-9-8-19-16-20(28)12-14-26(19,3)24(21)13-15-27(22,23)4/h8-9,16-18,21-24H,5-7,10-15H2,1-4H3,(H,29,30)/t17-,18?,21+,22-,23+,24+,26+,27-/m1/s1. The van der Waals surface area contributed by atoms with Gasteiger partial charge in [0.15, 0.2) is 5.78 Å². The molecule has 0 aromatic heterocycles. The lowest BCUT2D eigenvalue weighted by molar-refractivity contribution is -0.141. The fourth-order valence-corrected chi connectivity index (χ4v) is 8.04. The molecular weight excluding hydrogens is 372 g/mol. The Morgan fingerprint density at radius 1 is 1.13 bits per heavy atom. The van der Waals surface area contributed by atoms with Crippen molar-refractivity contribution in [1.29, 1.82) is 0 Å². The van der Waals surface area contributed by atoms with E-state index >= 15 is 0 Å². The first kappa shape index (κ1) is 21.8. The Morgan fingerprint density at radius 3 is 2.63 bits per heavy atom. The minimum Gasteiger partial charge on any atom is -0.481 e. The monoisotopic (exact) mass is 412 g/mol. The molecule has 4 rings (SSSR count). The van der Waals surface area contributed by atoms with Crippen LogP contribution in [0.5, 0.6) is 0 Å². The molecule has 3 nitrogen and oxygen atoms in total. The maximum atomic E-state index is 12.0. The van der Waals surface area contributed by atoms with Crippen LogP contribution in [0.15, 0.2) is 23.8 Å². The fourth-order valence-electron chi connectivity index (χ4n) is 8.04. The van der Waals surface area contributed by atoms with E-state index in [1.807, 2.05) is 13.0 Å². The number of fused-ring (bicyclic) bond motifs is 5. The zero-order valence-electron chi connectivity index (χ0n) is 19.3. The van der Waals surface area contributed by atoms with Crippen LogP contribution >= 0.6 is 0 Å². The molecule has 0 bridgehead atoms. The lowest BCUT2D eigenvalue weighted by atomic mass is 9.48. The molecule has 2 saturated carbocycles. The Balaban J connectivity index is 1.47. The average Bonchev–Trinajstić information content (AvgIpc) is 3.05. The summed E-state index contributed by atoms with van der Waals surface area (Å²) in [5.74, 6) is 2.94. The molecule has 8 atom stereocenters. The Labute approximate surface area is 182 Å². The summed E-state index contributed by atoms with van der Waals surface area (Å²) in [5, 5.41) is 9.15. The van der Waals surface area contributed by atoms with Crippen LogP contribution in [0.25, 0.3) is 0 Å². The lowest BCUT2D eigenvalue weighted by Gasteiger charge is -2.56. The number of carbonyl (C=O) groups excluding carboxylic acids is 1. The molecule has 4 aliphatic rings. The van der Waals surface area contributed by atoms with Crippen LogP contribution < -0.4 is 0 Å². The molecule has 0 saturated heterocycles. The van der Waals surface area contributed by atoms with Gasteiger partial charge in [-0.05, 0) is 90.6 Å². The molecule has 3 heteroatoms. The maximum Gasteiger partial charge on any atom is 0.306 e. The van der Waals surface area contributed by atoms with Gasteiger partial charge >= 0.3 is 5.97 Å². The Morgan fingerprint density at radius 2 is 1.90 bits per heavy atom. The van der Waals surface area contributed by atoms with E-state index in [-0.39, 0.29) is 11.3 Å². The third-order valence-electron chi connectivity index (χ3n) is 9.99. The van der Waals surface area contributed by atoms with E-state index in [9.17, 15) is 9.59 Å². The van der Waals surface area contributed by atoms with Gasteiger partial charge in [0, 0.05) is 6.42 Å². The number of carbonyl (C=O) groups is 2. The topological polar surface area (TPSA) is 54.4 Å². The summed E-state index contributed by atoms with van der Waals surface area (Å²) < 4.78 is 0. The van der Waals surface area contributed by atoms with Crippen molar-refractivity contribution in [3.63, 3.8) is 0 Å². The summed E-state index contributed by atoms with van der Waals surface area (Å²) >= 11 is 0. The van der Waals surface area contributed by atoms with E-state index in [1.165, 1.54) is 31.3 Å². The molecule has 0 amide bonds. The summed E-state index contributed by atoms with van der Waals surface area (Å²) in [6.45, 7) is 9.24. The number of carboxylic acids is 1. The second kappa shape index (κ2) is 7.95. The van der Waals surface area contributed by atoms with Gasteiger partial charge in [-0.2, -0.15) is 0 Å². The largest absolute Gasteiger partial charge is 0.481 e. The van der Waals surface area contributed by atoms with Crippen molar-refractivity contribution >= 4 is 11.8 Å². The zero-order valence-corrected chi connectivity index (χ0v) is 19.3. The van der Waals surface area contributed by atoms with E-state index in [2.05, 4.69) is 32.9 Å². The summed E-state index contributed by atoms with van der Waals surface area (Å²) in [6, 6.07) is 0. The molecule has 1 N–H and O–H groups in total. The number of aliphatic carboxylic acids is 1. The molecule has 166 valence electrons. The van der Waals surface area contributed by atoms with E-state index in [4.69, 9.17) is 5.11 Å². The Hall–Kier alpha value is -1.38. The predicted octanol–water partition coefficient (Wildman–Crippen LogP) is 6.44. The van der Waals surface area contributed by atoms with Crippen molar-refractivity contribution < 1.29 is 14.7 Å². The van der Waals surface area contributed by atoms with Gasteiger partial charge in [0.25, 0.3) is 0 Å². The molecule has 0 aromatic rings. The number of rotatable bonds is 6. The van der Waals surface area contributed by atoms with Crippen LogP contribution in [0.1, 0.15) is 85.5 Å². The molecule has 0 spiro atoms. The highest BCUT2D eigenvalue weighted by molar-refractivity contribution is 5.92. The van der Waals surface area contributed by atoms with E-state index in [1.54, 1.807) is 0 Å². The van der Waals surface area contributed by atoms with Crippen molar-refractivity contribution in [2.75, 3.05) is 0 Å². The van der Waals surface area contributed by atoms with Gasteiger partial charge in [0.05, 0.1) is 5.92 Å². The number of carboxylic acid groups (broad SMARTS) is 1. The smallest absolute Gasteiger partial charge is 0.306 e. The highest BCUT2D eigenvalue weighted by atomic mass is 16.4. The summed E-state index contributed by atoms with van der Waals surface area (Å²) in [4.78, 5) is 23.1. The number of allylic oxidation sites excluding steroid dienone is 4. The van der Waals surface area contributed by atoms with Crippen molar-refractivity contribution in [1.82, 2.24) is 0 Å². The quantitative estimate of drug-likeness (QED) is 0.546. The van der Waals surface area contributed by atoms with Crippen molar-refractivity contribution in [2.24, 2.45) is 46.3 Å². The van der Waals surface area contributed by atoms with Crippen LogP contribution in [-0.2, 0) is 9.59 Å².